The zero-order valence-electron chi connectivity index (χ0n) is 20.6. The maximum atomic E-state index is 12.5. The number of hydrogen-bond acceptors (Lipinski definition) is 6. The second-order valence-corrected chi connectivity index (χ2v) is 9.14. The van der Waals surface area contributed by atoms with Crippen molar-refractivity contribution in [2.75, 3.05) is 0 Å². The lowest BCUT2D eigenvalue weighted by Gasteiger charge is -2.31. The Bertz CT molecular complexity index is 476. The third-order valence-electron chi connectivity index (χ3n) is 5.83. The third-order valence-corrected chi connectivity index (χ3v) is 5.83. The van der Waals surface area contributed by atoms with E-state index in [0.29, 0.717) is 12.8 Å². The largest absolute Gasteiger partial charge is 0.345 e. The fourth-order valence-electron chi connectivity index (χ4n) is 3.75. The molecule has 0 rings (SSSR count). The molecule has 0 bridgehead atoms. The molecule has 178 valence electrons. The van der Waals surface area contributed by atoms with Crippen molar-refractivity contribution >= 4 is 11.9 Å². The Morgan fingerprint density at radius 3 is 1.73 bits per heavy atom. The molecule has 0 N–H and O–H groups in total. The molecule has 30 heavy (non-hydrogen) atoms. The summed E-state index contributed by atoms with van der Waals surface area (Å²) in [5.41, 5.74) is -0.118. The maximum Gasteiger partial charge on any atom is 0.345 e. The van der Waals surface area contributed by atoms with Crippen LogP contribution in [0.3, 0.4) is 0 Å². The first-order valence-electron chi connectivity index (χ1n) is 11.9. The third kappa shape index (κ3) is 11.3. The van der Waals surface area contributed by atoms with Crippen LogP contribution in [0.5, 0.6) is 0 Å². The Morgan fingerprint density at radius 2 is 1.30 bits per heavy atom. The molecular formula is C24H46O6. The highest BCUT2D eigenvalue weighted by Gasteiger charge is 2.35. The summed E-state index contributed by atoms with van der Waals surface area (Å²) in [4.78, 5) is 45.3. The van der Waals surface area contributed by atoms with Gasteiger partial charge in [-0.1, -0.05) is 60.8 Å². The van der Waals surface area contributed by atoms with Gasteiger partial charge in [0, 0.05) is 0 Å². The lowest BCUT2D eigenvalue weighted by Crippen LogP contribution is -2.32. The number of unbranched alkanes of at least 4 members (excludes halogenated alkanes) is 1. The van der Waals surface area contributed by atoms with Crippen LogP contribution in [0.15, 0.2) is 0 Å². The second kappa shape index (κ2) is 15.6. The summed E-state index contributed by atoms with van der Waals surface area (Å²) in [6.45, 7) is 16.1. The molecule has 0 aliphatic carbocycles. The lowest BCUT2D eigenvalue weighted by atomic mass is 9.74. The topological polar surface area (TPSA) is 71.1 Å². The minimum absolute atomic E-state index is 0.109. The van der Waals surface area contributed by atoms with Crippen LogP contribution in [0.25, 0.3) is 0 Å². The number of carbonyl (C=O) groups excluding carboxylic acids is 2. The van der Waals surface area contributed by atoms with Crippen LogP contribution >= 0.6 is 0 Å². The van der Waals surface area contributed by atoms with Crippen molar-refractivity contribution in [3.8, 4) is 0 Å². The van der Waals surface area contributed by atoms with E-state index in [-0.39, 0.29) is 41.4 Å². The molecule has 6 heteroatoms. The molecule has 0 aliphatic rings. The first kappa shape index (κ1) is 28.9. The summed E-state index contributed by atoms with van der Waals surface area (Å²) in [6, 6.07) is 0. The van der Waals surface area contributed by atoms with E-state index in [9.17, 15) is 9.59 Å². The van der Waals surface area contributed by atoms with Gasteiger partial charge in [0.25, 0.3) is 0 Å². The number of carbonyl (C=O) groups is 2. The normalized spacial score (nSPS) is 15.9. The maximum absolute atomic E-state index is 12.5. The average molecular weight is 431 g/mol. The van der Waals surface area contributed by atoms with Crippen LogP contribution in [0, 0.1) is 17.3 Å². The first-order valence-corrected chi connectivity index (χ1v) is 11.9. The van der Waals surface area contributed by atoms with Gasteiger partial charge in [-0.05, 0) is 57.8 Å². The van der Waals surface area contributed by atoms with Crippen LogP contribution in [-0.2, 0) is 29.1 Å². The smallest absolute Gasteiger partial charge is 0.298 e. The zero-order valence-corrected chi connectivity index (χ0v) is 20.6. The molecule has 6 nitrogen and oxygen atoms in total. The van der Waals surface area contributed by atoms with Gasteiger partial charge < -0.3 is 0 Å². The highest BCUT2D eigenvalue weighted by atomic mass is 17.2. The van der Waals surface area contributed by atoms with Gasteiger partial charge in [0.05, 0.1) is 11.8 Å². The van der Waals surface area contributed by atoms with Crippen molar-refractivity contribution in [2.24, 2.45) is 17.3 Å². The Morgan fingerprint density at radius 1 is 0.767 bits per heavy atom. The van der Waals surface area contributed by atoms with Crippen molar-refractivity contribution in [3.05, 3.63) is 0 Å². The summed E-state index contributed by atoms with van der Waals surface area (Å²) in [7, 11) is 0. The van der Waals surface area contributed by atoms with Crippen LogP contribution in [-0.4, -0.2) is 24.1 Å². The van der Waals surface area contributed by atoms with Crippen LogP contribution < -0.4 is 0 Å². The molecule has 4 unspecified atom stereocenters. The number of hydrogen-bond donors (Lipinski definition) is 0. The zero-order chi connectivity index (χ0) is 23.2. The Balaban J connectivity index is 4.27. The predicted molar refractivity (Wildman–Crippen MR) is 118 cm³/mol. The molecule has 0 aromatic rings. The Hall–Kier alpha value is -1.14. The summed E-state index contributed by atoms with van der Waals surface area (Å²) >= 11 is 0. The first-order chi connectivity index (χ1) is 14.1. The van der Waals surface area contributed by atoms with Gasteiger partial charge >= 0.3 is 11.9 Å². The van der Waals surface area contributed by atoms with Gasteiger partial charge in [-0.2, -0.15) is 9.78 Å². The molecule has 0 aromatic carbocycles. The van der Waals surface area contributed by atoms with Gasteiger partial charge in [-0.25, -0.2) is 9.59 Å². The van der Waals surface area contributed by atoms with Crippen molar-refractivity contribution in [1.82, 2.24) is 0 Å². The molecule has 0 saturated heterocycles. The molecule has 0 heterocycles. The van der Waals surface area contributed by atoms with E-state index in [1.54, 1.807) is 0 Å². The standard InChI is InChI=1S/C24H46O6/c1-9-13-14-20(11-3)22(25)29-27-18(5)15-16-19(6)28-30-23(26)21(12-4)24(7,8)17-10-2/h18-21H,9-17H2,1-8H3. The Labute approximate surface area is 184 Å². The van der Waals surface area contributed by atoms with Crippen LogP contribution in [0.4, 0.5) is 0 Å². The molecule has 0 fully saturated rings. The molecule has 0 amide bonds. The lowest BCUT2D eigenvalue weighted by molar-refractivity contribution is -0.310. The van der Waals surface area contributed by atoms with Gasteiger partial charge in [0.1, 0.15) is 12.2 Å². The van der Waals surface area contributed by atoms with E-state index < -0.39 is 0 Å². The molecule has 0 aromatic heterocycles. The van der Waals surface area contributed by atoms with E-state index in [1.807, 2.05) is 27.7 Å². The molecule has 4 atom stereocenters. The molecular weight excluding hydrogens is 384 g/mol. The number of rotatable bonds is 17. The van der Waals surface area contributed by atoms with Crippen LogP contribution in [0.1, 0.15) is 113 Å². The van der Waals surface area contributed by atoms with Gasteiger partial charge in [0.2, 0.25) is 0 Å². The predicted octanol–water partition coefficient (Wildman–Crippen LogP) is 6.56. The van der Waals surface area contributed by atoms with Crippen molar-refractivity contribution in [3.63, 3.8) is 0 Å². The van der Waals surface area contributed by atoms with Gasteiger partial charge in [-0.3, -0.25) is 9.78 Å². The summed E-state index contributed by atoms with van der Waals surface area (Å²) < 4.78 is 0. The van der Waals surface area contributed by atoms with E-state index in [4.69, 9.17) is 19.6 Å². The van der Waals surface area contributed by atoms with Crippen LogP contribution in [0.2, 0.25) is 0 Å². The summed E-state index contributed by atoms with van der Waals surface area (Å²) in [6.07, 6.45) is 7.05. The fraction of sp³-hybridized carbons (Fsp3) is 0.917. The summed E-state index contributed by atoms with van der Waals surface area (Å²) in [5.74, 6) is -0.900. The van der Waals surface area contributed by atoms with E-state index in [0.717, 1.165) is 44.9 Å². The minimum atomic E-state index is -0.307. The van der Waals surface area contributed by atoms with E-state index >= 15 is 0 Å². The average Bonchev–Trinajstić information content (AvgIpc) is 2.69. The Kier molecular flexibility index (Phi) is 15.0. The summed E-state index contributed by atoms with van der Waals surface area (Å²) in [5, 5.41) is 0. The monoisotopic (exact) mass is 430 g/mol. The minimum Gasteiger partial charge on any atom is -0.298 e. The molecule has 0 radical (unpaired) electrons. The van der Waals surface area contributed by atoms with Crippen molar-refractivity contribution in [2.45, 2.75) is 125 Å². The highest BCUT2D eigenvalue weighted by Crippen LogP contribution is 2.35. The quantitative estimate of drug-likeness (QED) is 0.192. The molecule has 0 saturated carbocycles. The van der Waals surface area contributed by atoms with E-state index in [2.05, 4.69) is 27.7 Å². The van der Waals surface area contributed by atoms with Gasteiger partial charge in [0.15, 0.2) is 0 Å². The molecule has 0 aliphatic heterocycles. The van der Waals surface area contributed by atoms with E-state index in [1.165, 1.54) is 0 Å². The SMILES string of the molecule is CCCCC(CC)C(=O)OOC(C)CCC(C)OOC(=O)C(CC)C(C)(C)CCC. The van der Waals surface area contributed by atoms with Crippen molar-refractivity contribution < 1.29 is 29.1 Å². The van der Waals surface area contributed by atoms with Gasteiger partial charge in [-0.15, -0.1) is 0 Å². The van der Waals surface area contributed by atoms with Crippen molar-refractivity contribution in [1.29, 1.82) is 0 Å². The fourth-order valence-corrected chi connectivity index (χ4v) is 3.75. The highest BCUT2D eigenvalue weighted by molar-refractivity contribution is 5.72. The molecule has 0 spiro atoms. The second-order valence-electron chi connectivity index (χ2n) is 9.14.